The van der Waals surface area contributed by atoms with Crippen molar-refractivity contribution in [1.82, 2.24) is 5.32 Å². The summed E-state index contributed by atoms with van der Waals surface area (Å²) >= 11 is 6.21. The first-order chi connectivity index (χ1) is 13.0. The minimum absolute atomic E-state index is 0.430. The zero-order valence-corrected chi connectivity index (χ0v) is 17.5. The average molecular weight is 384 g/mol. The van der Waals surface area contributed by atoms with Crippen molar-refractivity contribution < 1.29 is 0 Å². The molecule has 0 spiro atoms. The summed E-state index contributed by atoms with van der Waals surface area (Å²) in [6, 6.07) is 10.4. The molecule has 0 saturated heterocycles. The average Bonchev–Trinajstić information content (AvgIpc) is 3.24. The van der Waals surface area contributed by atoms with Crippen LogP contribution < -0.4 is 5.32 Å². The Morgan fingerprint density at radius 2 is 1.67 bits per heavy atom. The van der Waals surface area contributed by atoms with Crippen LogP contribution >= 0.6 is 11.6 Å². The summed E-state index contributed by atoms with van der Waals surface area (Å²) in [6.07, 6.45) is 14.7. The molecule has 6 bridgehead atoms. The second-order valence-electron chi connectivity index (χ2n) is 11.3. The Morgan fingerprint density at radius 3 is 2.30 bits per heavy atom. The highest BCUT2D eigenvalue weighted by atomic mass is 35.5. The van der Waals surface area contributed by atoms with Crippen molar-refractivity contribution in [3.63, 3.8) is 0 Å². The van der Waals surface area contributed by atoms with Crippen LogP contribution in [0, 0.1) is 29.1 Å². The van der Waals surface area contributed by atoms with Crippen LogP contribution in [-0.4, -0.2) is 12.1 Å². The number of fused-ring (bicyclic) bond motifs is 2. The first-order valence-corrected chi connectivity index (χ1v) is 11.9. The molecule has 6 aliphatic carbocycles. The van der Waals surface area contributed by atoms with E-state index in [0.717, 1.165) is 34.7 Å². The molecule has 1 aromatic rings. The van der Waals surface area contributed by atoms with Gasteiger partial charge in [0.25, 0.3) is 0 Å². The van der Waals surface area contributed by atoms with Gasteiger partial charge in [0.1, 0.15) is 0 Å². The van der Waals surface area contributed by atoms with E-state index in [1.807, 2.05) is 0 Å². The van der Waals surface area contributed by atoms with E-state index in [2.05, 4.69) is 36.5 Å². The number of hydrogen-bond acceptors (Lipinski definition) is 1. The molecule has 0 heterocycles. The van der Waals surface area contributed by atoms with Crippen LogP contribution in [0.5, 0.6) is 0 Å². The molecule has 2 unspecified atom stereocenters. The largest absolute Gasteiger partial charge is 0.311 e. The van der Waals surface area contributed by atoms with Gasteiger partial charge >= 0.3 is 0 Å². The molecule has 1 aromatic carbocycles. The Bertz CT molecular complexity index is 710. The molecule has 6 saturated carbocycles. The standard InChI is InChI=1S/C25H34ClN/c1-16(27-23-10-17-2-3-20(23)9-17)24-11-18-8-19(12-24)14-25(13-18,15-24)21-4-6-22(26)7-5-21/h4-7,16-20,23,27H,2-3,8-15H2,1H3/t16-,17-,18-,19+,20-,23+,24?,25?/m1/s1. The zero-order chi connectivity index (χ0) is 18.2. The summed E-state index contributed by atoms with van der Waals surface area (Å²) in [5.41, 5.74) is 2.54. The van der Waals surface area contributed by atoms with E-state index in [1.54, 1.807) is 5.56 Å². The van der Waals surface area contributed by atoms with Gasteiger partial charge in [-0.3, -0.25) is 0 Å². The number of nitrogens with one attached hydrogen (secondary N) is 1. The van der Waals surface area contributed by atoms with E-state index in [9.17, 15) is 0 Å². The van der Waals surface area contributed by atoms with Crippen LogP contribution in [-0.2, 0) is 5.41 Å². The third-order valence-corrected chi connectivity index (χ3v) is 9.94. The Morgan fingerprint density at radius 1 is 0.926 bits per heavy atom. The fraction of sp³-hybridized carbons (Fsp3) is 0.760. The van der Waals surface area contributed by atoms with Crippen molar-refractivity contribution in [2.75, 3.05) is 0 Å². The topological polar surface area (TPSA) is 12.0 Å². The predicted molar refractivity (Wildman–Crippen MR) is 112 cm³/mol. The lowest BCUT2D eigenvalue weighted by Crippen LogP contribution is -2.61. The third kappa shape index (κ3) is 2.67. The highest BCUT2D eigenvalue weighted by Gasteiger charge is 2.60. The van der Waals surface area contributed by atoms with Crippen LogP contribution in [0.1, 0.15) is 76.7 Å². The predicted octanol–water partition coefficient (Wildman–Crippen LogP) is 6.34. The first kappa shape index (κ1) is 17.3. The molecule has 6 fully saturated rings. The molecule has 0 radical (unpaired) electrons. The van der Waals surface area contributed by atoms with Gasteiger partial charge in [-0.15, -0.1) is 0 Å². The van der Waals surface area contributed by atoms with Gasteiger partial charge in [-0.05, 0) is 117 Å². The lowest BCUT2D eigenvalue weighted by molar-refractivity contribution is -0.0903. The van der Waals surface area contributed by atoms with Crippen molar-refractivity contribution in [3.05, 3.63) is 34.9 Å². The molecule has 146 valence electrons. The van der Waals surface area contributed by atoms with Crippen LogP contribution in [0.2, 0.25) is 5.02 Å². The number of hydrogen-bond donors (Lipinski definition) is 1. The van der Waals surface area contributed by atoms with Crippen LogP contribution in [0.25, 0.3) is 0 Å². The van der Waals surface area contributed by atoms with Gasteiger partial charge in [-0.1, -0.05) is 30.2 Å². The number of rotatable bonds is 4. The van der Waals surface area contributed by atoms with Crippen molar-refractivity contribution in [2.24, 2.45) is 29.1 Å². The summed E-state index contributed by atoms with van der Waals surface area (Å²) in [5.74, 6) is 3.92. The summed E-state index contributed by atoms with van der Waals surface area (Å²) in [6.45, 7) is 2.55. The fourth-order valence-corrected chi connectivity index (χ4v) is 9.05. The summed E-state index contributed by atoms with van der Waals surface area (Å²) in [5, 5.41) is 5.10. The molecule has 6 aliphatic rings. The number of halogens is 1. The lowest BCUT2D eigenvalue weighted by atomic mass is 9.41. The van der Waals surface area contributed by atoms with E-state index in [1.165, 1.54) is 64.2 Å². The fourth-order valence-electron chi connectivity index (χ4n) is 8.93. The Kier molecular flexibility index (Phi) is 3.84. The molecular formula is C25H34ClN. The molecule has 2 heteroatoms. The molecular weight excluding hydrogens is 350 g/mol. The Balaban J connectivity index is 1.28. The second kappa shape index (κ2) is 5.99. The summed E-state index contributed by atoms with van der Waals surface area (Å²) < 4.78 is 0. The molecule has 0 amide bonds. The van der Waals surface area contributed by atoms with Gasteiger partial charge in [0, 0.05) is 17.1 Å². The highest BCUT2D eigenvalue weighted by Crippen LogP contribution is 2.67. The van der Waals surface area contributed by atoms with Gasteiger partial charge in [0.15, 0.2) is 0 Å². The van der Waals surface area contributed by atoms with Crippen LogP contribution in [0.3, 0.4) is 0 Å². The normalized spacial score (nSPS) is 48.3. The molecule has 8 atom stereocenters. The molecule has 1 nitrogen and oxygen atoms in total. The monoisotopic (exact) mass is 383 g/mol. The van der Waals surface area contributed by atoms with Crippen molar-refractivity contribution in [2.45, 2.75) is 88.6 Å². The van der Waals surface area contributed by atoms with E-state index < -0.39 is 0 Å². The molecule has 1 N–H and O–H groups in total. The van der Waals surface area contributed by atoms with Gasteiger partial charge in [0.2, 0.25) is 0 Å². The molecule has 0 aromatic heterocycles. The van der Waals surface area contributed by atoms with Crippen molar-refractivity contribution >= 4 is 11.6 Å². The molecule has 27 heavy (non-hydrogen) atoms. The molecule has 0 aliphatic heterocycles. The molecule has 7 rings (SSSR count). The maximum atomic E-state index is 6.21. The van der Waals surface area contributed by atoms with E-state index >= 15 is 0 Å². The Hall–Kier alpha value is -0.530. The summed E-state index contributed by atoms with van der Waals surface area (Å²) in [4.78, 5) is 0. The summed E-state index contributed by atoms with van der Waals surface area (Å²) in [7, 11) is 0. The quantitative estimate of drug-likeness (QED) is 0.639. The van der Waals surface area contributed by atoms with Gasteiger partial charge in [-0.25, -0.2) is 0 Å². The third-order valence-electron chi connectivity index (χ3n) is 9.68. The van der Waals surface area contributed by atoms with E-state index in [-0.39, 0.29) is 0 Å². The van der Waals surface area contributed by atoms with E-state index in [4.69, 9.17) is 11.6 Å². The minimum Gasteiger partial charge on any atom is -0.311 e. The van der Waals surface area contributed by atoms with Gasteiger partial charge in [-0.2, -0.15) is 0 Å². The highest BCUT2D eigenvalue weighted by molar-refractivity contribution is 6.30. The van der Waals surface area contributed by atoms with Gasteiger partial charge in [0.05, 0.1) is 0 Å². The van der Waals surface area contributed by atoms with Crippen molar-refractivity contribution in [1.29, 1.82) is 0 Å². The maximum absolute atomic E-state index is 6.21. The smallest absolute Gasteiger partial charge is 0.0406 e. The minimum atomic E-state index is 0.430. The lowest BCUT2D eigenvalue weighted by Gasteiger charge is -2.64. The van der Waals surface area contributed by atoms with E-state index in [0.29, 0.717) is 16.9 Å². The zero-order valence-electron chi connectivity index (χ0n) is 16.7. The number of benzene rings is 1. The van der Waals surface area contributed by atoms with Crippen molar-refractivity contribution in [3.8, 4) is 0 Å². The van der Waals surface area contributed by atoms with Gasteiger partial charge < -0.3 is 5.32 Å². The maximum Gasteiger partial charge on any atom is 0.0406 e. The Labute approximate surface area is 169 Å². The van der Waals surface area contributed by atoms with Crippen LogP contribution in [0.4, 0.5) is 0 Å². The second-order valence-corrected chi connectivity index (χ2v) is 11.7. The SMILES string of the molecule is C[C@@H](N[C@H]1C[C@@H]2CC[C@@H]1C2)C12C[C@@H]3C[C@@H](CC(c4ccc(Cl)cc4)(C3)C1)C2. The van der Waals surface area contributed by atoms with Crippen LogP contribution in [0.15, 0.2) is 24.3 Å². The first-order valence-electron chi connectivity index (χ1n) is 11.6.